The second kappa shape index (κ2) is 9.77. The highest BCUT2D eigenvalue weighted by molar-refractivity contribution is 9.11. The van der Waals surface area contributed by atoms with Gasteiger partial charge in [0.25, 0.3) is 0 Å². The number of allylic oxidation sites excluding steroid dienone is 4. The van der Waals surface area contributed by atoms with E-state index in [9.17, 15) is 0 Å². The van der Waals surface area contributed by atoms with E-state index in [0.29, 0.717) is 50.3 Å². The molecule has 3 nitrogen and oxygen atoms in total. The molecule has 1 aliphatic carbocycles. The summed E-state index contributed by atoms with van der Waals surface area (Å²) in [5.41, 5.74) is -5.92. The lowest BCUT2D eigenvalue weighted by atomic mass is 9.81. The molecule has 1 aromatic carbocycles. The summed E-state index contributed by atoms with van der Waals surface area (Å²) in [7, 11) is 0. The van der Waals surface area contributed by atoms with E-state index in [2.05, 4.69) is 46.8 Å². The Bertz CT molecular complexity index is 1620. The summed E-state index contributed by atoms with van der Waals surface area (Å²) in [6.45, 7) is 5.00. The van der Waals surface area contributed by atoms with Crippen molar-refractivity contribution in [2.45, 2.75) is 57.8 Å². The van der Waals surface area contributed by atoms with Crippen LogP contribution >= 0.6 is 31.9 Å². The second-order valence-corrected chi connectivity index (χ2v) is 12.0. The number of alkyl halides is 4. The first-order valence-corrected chi connectivity index (χ1v) is 14.0. The summed E-state index contributed by atoms with van der Waals surface area (Å²) in [5.74, 6) is -4.18. The minimum atomic E-state index is -4.18. The first kappa shape index (κ1) is 27.9. The third-order valence-corrected chi connectivity index (χ3v) is 8.14. The lowest BCUT2D eigenvalue weighted by Crippen LogP contribution is -2.45. The zero-order chi connectivity index (χ0) is 28.3. The number of benzene rings is 1. The normalized spacial score (nSPS) is 24.7. The molecule has 3 aromatic rings. The number of hydrogen-bond donors (Lipinski definition) is 0. The number of nitrogens with zero attached hydrogens (tertiary/aromatic N) is 3. The molecule has 0 radical (unpaired) electrons. The van der Waals surface area contributed by atoms with Crippen LogP contribution in [0.3, 0.4) is 0 Å². The Morgan fingerprint density at radius 1 is 1.08 bits per heavy atom. The fraction of sp³-hybridized carbons (Fsp3) is 0.300. The molecule has 0 N–H and O–H groups in total. The van der Waals surface area contributed by atoms with E-state index >= 15 is 17.6 Å². The monoisotopic (exact) mass is 661 g/mol. The van der Waals surface area contributed by atoms with Gasteiger partial charge in [0, 0.05) is 40.1 Å². The summed E-state index contributed by atoms with van der Waals surface area (Å²) < 4.78 is 66.9. The van der Waals surface area contributed by atoms with Crippen LogP contribution in [0.25, 0.3) is 33.8 Å². The molecule has 0 saturated carbocycles. The highest BCUT2D eigenvalue weighted by Crippen LogP contribution is 2.65. The molecule has 0 amide bonds. The Hall–Kier alpha value is -2.65. The molecular weight excluding hydrogens is 638 g/mol. The van der Waals surface area contributed by atoms with Crippen LogP contribution in [0.5, 0.6) is 0 Å². The van der Waals surface area contributed by atoms with Gasteiger partial charge in [-0.25, -0.2) is 13.8 Å². The Balaban J connectivity index is 2.11. The largest absolute Gasteiger partial charge is 0.310 e. The molecule has 202 valence electrons. The van der Waals surface area contributed by atoms with Gasteiger partial charge in [-0.3, -0.25) is 9.98 Å². The number of fused-ring (bicyclic) bond motifs is 3. The van der Waals surface area contributed by atoms with E-state index in [0.717, 1.165) is 13.3 Å². The lowest BCUT2D eigenvalue weighted by Gasteiger charge is -2.31. The van der Waals surface area contributed by atoms with Gasteiger partial charge in [-0.1, -0.05) is 34.1 Å². The van der Waals surface area contributed by atoms with Gasteiger partial charge in [-0.2, -0.15) is 8.78 Å². The maximum Gasteiger partial charge on any atom is 0.310 e. The molecule has 9 heteroatoms. The molecule has 0 saturated heterocycles. The fourth-order valence-corrected chi connectivity index (χ4v) is 6.11. The van der Waals surface area contributed by atoms with Crippen LogP contribution in [0.1, 0.15) is 62.8 Å². The SMILES string of the molecule is C/C=C(/C1=CCCC=N1)c1c2c(c3c(-c4ccccn4)nc(Br)cc3c1/C=C(\C)Br)C(C)(F)C(C)(F)C2(F)F. The van der Waals surface area contributed by atoms with Gasteiger partial charge >= 0.3 is 5.92 Å². The first-order valence-electron chi connectivity index (χ1n) is 12.5. The number of rotatable bonds is 4. The van der Waals surface area contributed by atoms with Gasteiger partial charge in [-0.05, 0) is 96.2 Å². The minimum Gasteiger partial charge on any atom is -0.261 e. The van der Waals surface area contributed by atoms with Crippen molar-refractivity contribution < 1.29 is 17.6 Å². The van der Waals surface area contributed by atoms with E-state index in [1.54, 1.807) is 56.5 Å². The van der Waals surface area contributed by atoms with Crippen molar-refractivity contribution in [2.24, 2.45) is 4.99 Å². The van der Waals surface area contributed by atoms with E-state index in [-0.39, 0.29) is 16.6 Å². The number of aliphatic imine (C=N–C) groups is 1. The Morgan fingerprint density at radius 3 is 2.41 bits per heavy atom. The molecular formula is C30H25Br2F4N3. The highest BCUT2D eigenvalue weighted by Gasteiger charge is 2.73. The molecule has 2 unspecified atom stereocenters. The maximum atomic E-state index is 16.8. The minimum absolute atomic E-state index is 0.0458. The van der Waals surface area contributed by atoms with Crippen LogP contribution in [0.15, 0.2) is 62.4 Å². The highest BCUT2D eigenvalue weighted by atomic mass is 79.9. The van der Waals surface area contributed by atoms with Crippen molar-refractivity contribution in [3.05, 3.63) is 79.7 Å². The molecule has 3 heterocycles. The fourth-order valence-electron chi connectivity index (χ4n) is 5.47. The van der Waals surface area contributed by atoms with Crippen molar-refractivity contribution in [3.63, 3.8) is 0 Å². The quantitative estimate of drug-likeness (QED) is 0.206. The van der Waals surface area contributed by atoms with Crippen LogP contribution in [0.4, 0.5) is 17.6 Å². The molecule has 2 aliphatic rings. The van der Waals surface area contributed by atoms with Crippen LogP contribution < -0.4 is 0 Å². The van der Waals surface area contributed by atoms with E-state index in [4.69, 9.17) is 0 Å². The van der Waals surface area contributed by atoms with Crippen LogP contribution in [-0.2, 0) is 11.6 Å². The number of halogens is 6. The number of pyridine rings is 2. The Morgan fingerprint density at radius 2 is 1.82 bits per heavy atom. The van der Waals surface area contributed by atoms with Crippen molar-refractivity contribution in [2.75, 3.05) is 0 Å². The zero-order valence-corrected chi connectivity index (χ0v) is 24.9. The van der Waals surface area contributed by atoms with Crippen molar-refractivity contribution in [1.82, 2.24) is 9.97 Å². The zero-order valence-electron chi connectivity index (χ0n) is 21.7. The van der Waals surface area contributed by atoms with Crippen LogP contribution in [-0.4, -0.2) is 21.9 Å². The number of aromatic nitrogens is 2. The van der Waals surface area contributed by atoms with Crippen molar-refractivity contribution in [1.29, 1.82) is 0 Å². The summed E-state index contributed by atoms with van der Waals surface area (Å²) >= 11 is 6.91. The van der Waals surface area contributed by atoms with Crippen molar-refractivity contribution in [3.8, 4) is 11.4 Å². The molecule has 0 bridgehead atoms. The van der Waals surface area contributed by atoms with Gasteiger partial charge in [0.05, 0.1) is 17.1 Å². The second-order valence-electron chi connectivity index (χ2n) is 9.96. The van der Waals surface area contributed by atoms with E-state index in [1.807, 2.05) is 6.08 Å². The Labute approximate surface area is 241 Å². The predicted octanol–water partition coefficient (Wildman–Crippen LogP) is 9.99. The van der Waals surface area contributed by atoms with Gasteiger partial charge in [0.1, 0.15) is 4.60 Å². The summed E-state index contributed by atoms with van der Waals surface area (Å²) in [6.07, 6.45) is 9.88. The smallest absolute Gasteiger partial charge is 0.261 e. The first-order chi connectivity index (χ1) is 18.3. The summed E-state index contributed by atoms with van der Waals surface area (Å²) in [5, 5.41) is 0.528. The molecule has 39 heavy (non-hydrogen) atoms. The molecule has 2 atom stereocenters. The summed E-state index contributed by atoms with van der Waals surface area (Å²) in [4.78, 5) is 13.4. The molecule has 0 fully saturated rings. The van der Waals surface area contributed by atoms with Gasteiger partial charge in [0.15, 0.2) is 5.67 Å². The number of hydrogen-bond acceptors (Lipinski definition) is 3. The van der Waals surface area contributed by atoms with Crippen molar-refractivity contribution >= 4 is 60.5 Å². The average molecular weight is 663 g/mol. The molecule has 1 aliphatic heterocycles. The average Bonchev–Trinajstić information content (AvgIpc) is 3.00. The summed E-state index contributed by atoms with van der Waals surface area (Å²) in [6, 6.07) is 6.75. The van der Waals surface area contributed by atoms with Gasteiger partial charge in [0.2, 0.25) is 5.67 Å². The predicted molar refractivity (Wildman–Crippen MR) is 157 cm³/mol. The van der Waals surface area contributed by atoms with Crippen LogP contribution in [0, 0.1) is 0 Å². The standard InChI is InChI=1S/C30H25Br2F4N3/c1-5-17(20-10-6-8-12-37-20)23-18(14-16(2)31)19-15-22(32)39-27(21-11-7-9-13-38-21)24(19)25-26(23)30(35,36)29(4,34)28(25,3)33/h5,7,9-15H,6,8H2,1-4H3/b16-14+,17-5-. The maximum absolute atomic E-state index is 16.8. The van der Waals surface area contributed by atoms with E-state index in [1.165, 1.54) is 6.20 Å². The molecule has 5 rings (SSSR count). The molecule has 2 aromatic heterocycles. The van der Waals surface area contributed by atoms with E-state index < -0.39 is 28.4 Å². The van der Waals surface area contributed by atoms with Gasteiger partial charge < -0.3 is 0 Å². The third kappa shape index (κ3) is 4.15. The third-order valence-electron chi connectivity index (χ3n) is 7.50. The molecule has 0 spiro atoms. The topological polar surface area (TPSA) is 38.1 Å². The Kier molecular flexibility index (Phi) is 6.99. The van der Waals surface area contributed by atoms with Gasteiger partial charge in [-0.15, -0.1) is 0 Å². The lowest BCUT2D eigenvalue weighted by molar-refractivity contribution is -0.179. The van der Waals surface area contributed by atoms with Crippen LogP contribution in [0.2, 0.25) is 0 Å².